The lowest BCUT2D eigenvalue weighted by atomic mass is 10.2. The van der Waals surface area contributed by atoms with Gasteiger partial charge in [0.2, 0.25) is 0 Å². The van der Waals surface area contributed by atoms with Gasteiger partial charge in [0.15, 0.2) is 0 Å². The van der Waals surface area contributed by atoms with E-state index in [1.54, 1.807) is 12.1 Å². The highest BCUT2D eigenvalue weighted by Crippen LogP contribution is 2.17. The molecule has 0 amide bonds. The second-order valence-corrected chi connectivity index (χ2v) is 3.85. The molecular formula is C12H15NO2. The standard InChI is InChI=1S/C12H15NO2/c14-12(10-6-2-1-3-7-10)15-13-11-8-4-5-9-11/h1-3,6-7,11,13H,4-5,8-9H2. The molecule has 2 rings (SSSR count). The maximum Gasteiger partial charge on any atom is 0.356 e. The minimum absolute atomic E-state index is 0.303. The van der Waals surface area contributed by atoms with E-state index in [0.29, 0.717) is 11.6 Å². The molecule has 0 heterocycles. The molecule has 0 unspecified atom stereocenters. The minimum atomic E-state index is -0.303. The average Bonchev–Trinajstić information content (AvgIpc) is 2.80. The Balaban J connectivity index is 1.82. The fourth-order valence-electron chi connectivity index (χ4n) is 1.81. The van der Waals surface area contributed by atoms with Gasteiger partial charge in [-0.2, -0.15) is 0 Å². The van der Waals surface area contributed by atoms with Gasteiger partial charge in [0.1, 0.15) is 0 Å². The van der Waals surface area contributed by atoms with Crippen molar-refractivity contribution >= 4 is 5.97 Å². The summed E-state index contributed by atoms with van der Waals surface area (Å²) in [7, 11) is 0. The van der Waals surface area contributed by atoms with Crippen LogP contribution in [0, 0.1) is 0 Å². The molecule has 0 spiro atoms. The Kier molecular flexibility index (Phi) is 3.35. The fourth-order valence-corrected chi connectivity index (χ4v) is 1.81. The lowest BCUT2D eigenvalue weighted by Gasteiger charge is -2.10. The average molecular weight is 205 g/mol. The molecule has 0 aromatic heterocycles. The van der Waals surface area contributed by atoms with Gasteiger partial charge in [0, 0.05) is 6.04 Å². The number of hydroxylamine groups is 1. The molecule has 1 aliphatic rings. The molecule has 0 atom stereocenters. The van der Waals surface area contributed by atoms with Crippen LogP contribution in [-0.2, 0) is 4.84 Å². The monoisotopic (exact) mass is 205 g/mol. The highest BCUT2D eigenvalue weighted by atomic mass is 16.7. The first kappa shape index (κ1) is 10.2. The molecule has 1 fully saturated rings. The van der Waals surface area contributed by atoms with E-state index in [0.717, 1.165) is 12.8 Å². The van der Waals surface area contributed by atoms with E-state index in [-0.39, 0.29) is 5.97 Å². The van der Waals surface area contributed by atoms with Crippen molar-refractivity contribution in [2.45, 2.75) is 31.7 Å². The Labute approximate surface area is 89.4 Å². The van der Waals surface area contributed by atoms with E-state index in [4.69, 9.17) is 4.84 Å². The van der Waals surface area contributed by atoms with E-state index in [2.05, 4.69) is 5.48 Å². The molecule has 3 nitrogen and oxygen atoms in total. The molecule has 3 heteroatoms. The quantitative estimate of drug-likeness (QED) is 0.769. The topological polar surface area (TPSA) is 38.3 Å². The zero-order chi connectivity index (χ0) is 10.5. The zero-order valence-electron chi connectivity index (χ0n) is 8.61. The normalized spacial score (nSPS) is 16.5. The molecule has 1 saturated carbocycles. The van der Waals surface area contributed by atoms with E-state index in [9.17, 15) is 4.79 Å². The van der Waals surface area contributed by atoms with Crippen LogP contribution in [0.25, 0.3) is 0 Å². The van der Waals surface area contributed by atoms with Gasteiger partial charge in [-0.3, -0.25) is 0 Å². The summed E-state index contributed by atoms with van der Waals surface area (Å²) >= 11 is 0. The number of rotatable bonds is 3. The summed E-state index contributed by atoms with van der Waals surface area (Å²) in [5.41, 5.74) is 3.42. The Morgan fingerprint density at radius 3 is 2.53 bits per heavy atom. The second kappa shape index (κ2) is 4.94. The number of hydrogen-bond donors (Lipinski definition) is 1. The summed E-state index contributed by atoms with van der Waals surface area (Å²) in [4.78, 5) is 16.5. The van der Waals surface area contributed by atoms with Gasteiger partial charge in [-0.05, 0) is 25.0 Å². The Morgan fingerprint density at radius 1 is 1.20 bits per heavy atom. The van der Waals surface area contributed by atoms with Crippen LogP contribution < -0.4 is 5.48 Å². The molecule has 80 valence electrons. The van der Waals surface area contributed by atoms with Gasteiger partial charge in [0.05, 0.1) is 5.56 Å². The van der Waals surface area contributed by atoms with Crippen LogP contribution in [0.1, 0.15) is 36.0 Å². The maximum atomic E-state index is 11.5. The molecular weight excluding hydrogens is 190 g/mol. The van der Waals surface area contributed by atoms with Crippen molar-refractivity contribution in [3.8, 4) is 0 Å². The Hall–Kier alpha value is -1.35. The molecule has 0 bridgehead atoms. The second-order valence-electron chi connectivity index (χ2n) is 3.85. The van der Waals surface area contributed by atoms with Crippen LogP contribution in [0.4, 0.5) is 0 Å². The van der Waals surface area contributed by atoms with Crippen LogP contribution >= 0.6 is 0 Å². The van der Waals surface area contributed by atoms with E-state index < -0.39 is 0 Å². The fraction of sp³-hybridized carbons (Fsp3) is 0.417. The van der Waals surface area contributed by atoms with Gasteiger partial charge in [0.25, 0.3) is 0 Å². The van der Waals surface area contributed by atoms with Gasteiger partial charge in [-0.25, -0.2) is 4.79 Å². The molecule has 1 aromatic carbocycles. The molecule has 0 radical (unpaired) electrons. The largest absolute Gasteiger partial charge is 0.366 e. The van der Waals surface area contributed by atoms with Gasteiger partial charge in [-0.15, -0.1) is 5.48 Å². The number of carbonyl (C=O) groups excluding carboxylic acids is 1. The Morgan fingerprint density at radius 2 is 1.87 bits per heavy atom. The lowest BCUT2D eigenvalue weighted by Crippen LogP contribution is -2.29. The predicted molar refractivity (Wildman–Crippen MR) is 57.2 cm³/mol. The van der Waals surface area contributed by atoms with Gasteiger partial charge >= 0.3 is 5.97 Å². The van der Waals surface area contributed by atoms with Crippen molar-refractivity contribution in [3.63, 3.8) is 0 Å². The Bertz CT molecular complexity index is 318. The van der Waals surface area contributed by atoms with Gasteiger partial charge in [-0.1, -0.05) is 31.0 Å². The lowest BCUT2D eigenvalue weighted by molar-refractivity contribution is 0.0160. The molecule has 0 aliphatic heterocycles. The number of carbonyl (C=O) groups is 1. The third-order valence-electron chi connectivity index (χ3n) is 2.68. The number of hydrogen-bond acceptors (Lipinski definition) is 3. The first-order chi connectivity index (χ1) is 7.36. The number of nitrogens with one attached hydrogen (secondary N) is 1. The summed E-state index contributed by atoms with van der Waals surface area (Å²) < 4.78 is 0. The van der Waals surface area contributed by atoms with E-state index in [1.165, 1.54) is 12.8 Å². The molecule has 1 aliphatic carbocycles. The van der Waals surface area contributed by atoms with Crippen molar-refractivity contribution in [3.05, 3.63) is 35.9 Å². The summed E-state index contributed by atoms with van der Waals surface area (Å²) in [6, 6.07) is 9.37. The van der Waals surface area contributed by atoms with E-state index in [1.807, 2.05) is 18.2 Å². The maximum absolute atomic E-state index is 11.5. The first-order valence-electron chi connectivity index (χ1n) is 5.38. The van der Waals surface area contributed by atoms with Crippen LogP contribution in [0.3, 0.4) is 0 Å². The van der Waals surface area contributed by atoms with Crippen molar-refractivity contribution in [2.75, 3.05) is 0 Å². The smallest absolute Gasteiger partial charge is 0.356 e. The van der Waals surface area contributed by atoms with Crippen molar-refractivity contribution < 1.29 is 9.63 Å². The SMILES string of the molecule is O=C(ONC1CCCC1)c1ccccc1. The van der Waals surface area contributed by atoms with Crippen molar-refractivity contribution in [2.24, 2.45) is 0 Å². The van der Waals surface area contributed by atoms with Crippen LogP contribution in [-0.4, -0.2) is 12.0 Å². The van der Waals surface area contributed by atoms with Crippen molar-refractivity contribution in [1.29, 1.82) is 0 Å². The summed E-state index contributed by atoms with van der Waals surface area (Å²) in [6.07, 6.45) is 4.64. The third-order valence-corrected chi connectivity index (χ3v) is 2.68. The molecule has 1 aromatic rings. The highest BCUT2D eigenvalue weighted by Gasteiger charge is 2.16. The zero-order valence-corrected chi connectivity index (χ0v) is 8.61. The van der Waals surface area contributed by atoms with Crippen LogP contribution in [0.5, 0.6) is 0 Å². The van der Waals surface area contributed by atoms with Crippen LogP contribution in [0.15, 0.2) is 30.3 Å². The van der Waals surface area contributed by atoms with Crippen molar-refractivity contribution in [1.82, 2.24) is 5.48 Å². The summed E-state index contributed by atoms with van der Waals surface area (Å²) in [6.45, 7) is 0. The predicted octanol–water partition coefficient (Wildman–Crippen LogP) is 2.29. The summed E-state index contributed by atoms with van der Waals surface area (Å²) in [5.74, 6) is -0.303. The van der Waals surface area contributed by atoms with Gasteiger partial charge < -0.3 is 4.84 Å². The van der Waals surface area contributed by atoms with E-state index >= 15 is 0 Å². The first-order valence-corrected chi connectivity index (χ1v) is 5.38. The molecule has 15 heavy (non-hydrogen) atoms. The third kappa shape index (κ3) is 2.80. The van der Waals surface area contributed by atoms with Crippen LogP contribution in [0.2, 0.25) is 0 Å². The number of benzene rings is 1. The summed E-state index contributed by atoms with van der Waals surface area (Å²) in [5, 5.41) is 0. The minimum Gasteiger partial charge on any atom is -0.366 e. The molecule has 1 N–H and O–H groups in total. The molecule has 0 saturated heterocycles. The highest BCUT2D eigenvalue weighted by molar-refractivity contribution is 5.89.